The van der Waals surface area contributed by atoms with E-state index >= 15 is 0 Å². The SMILES string of the molecule is CC(=O)c1ccc(N2CCC(C)C(O)C2)o1. The van der Waals surface area contributed by atoms with Gasteiger partial charge in [0.15, 0.2) is 17.4 Å². The molecule has 0 radical (unpaired) electrons. The van der Waals surface area contributed by atoms with E-state index in [1.165, 1.54) is 6.92 Å². The second-order valence-corrected chi connectivity index (χ2v) is 4.47. The average molecular weight is 223 g/mol. The van der Waals surface area contributed by atoms with E-state index in [0.717, 1.165) is 13.0 Å². The number of aliphatic hydroxyl groups excluding tert-OH is 1. The molecule has 16 heavy (non-hydrogen) atoms. The molecule has 1 N–H and O–H groups in total. The fourth-order valence-corrected chi connectivity index (χ4v) is 1.94. The molecule has 0 saturated carbocycles. The van der Waals surface area contributed by atoms with Gasteiger partial charge in [-0.3, -0.25) is 4.79 Å². The Balaban J connectivity index is 2.09. The van der Waals surface area contributed by atoms with Crippen LogP contribution < -0.4 is 4.90 Å². The number of carbonyl (C=O) groups is 1. The first-order chi connectivity index (χ1) is 7.58. The smallest absolute Gasteiger partial charge is 0.196 e. The van der Waals surface area contributed by atoms with Crippen LogP contribution in [0.1, 0.15) is 30.8 Å². The molecule has 0 bridgehead atoms. The highest BCUT2D eigenvalue weighted by molar-refractivity contribution is 5.91. The minimum absolute atomic E-state index is 0.0721. The van der Waals surface area contributed by atoms with Gasteiger partial charge in [-0.15, -0.1) is 0 Å². The van der Waals surface area contributed by atoms with Gasteiger partial charge in [0, 0.05) is 26.1 Å². The summed E-state index contributed by atoms with van der Waals surface area (Å²) in [6, 6.07) is 3.47. The summed E-state index contributed by atoms with van der Waals surface area (Å²) in [7, 11) is 0. The molecule has 2 atom stereocenters. The Hall–Kier alpha value is -1.29. The van der Waals surface area contributed by atoms with Gasteiger partial charge in [0.1, 0.15) is 0 Å². The van der Waals surface area contributed by atoms with Gasteiger partial charge in [-0.2, -0.15) is 0 Å². The fourth-order valence-electron chi connectivity index (χ4n) is 1.94. The summed E-state index contributed by atoms with van der Waals surface area (Å²) in [6.45, 7) is 4.97. The van der Waals surface area contributed by atoms with Crippen LogP contribution in [0.5, 0.6) is 0 Å². The van der Waals surface area contributed by atoms with Crippen molar-refractivity contribution in [1.82, 2.24) is 0 Å². The average Bonchev–Trinajstić information content (AvgIpc) is 2.71. The molecular formula is C12H17NO3. The van der Waals surface area contributed by atoms with Crippen LogP contribution in [0.25, 0.3) is 0 Å². The van der Waals surface area contributed by atoms with Crippen molar-refractivity contribution in [3.05, 3.63) is 17.9 Å². The van der Waals surface area contributed by atoms with Gasteiger partial charge in [0.2, 0.25) is 0 Å². The minimum atomic E-state index is -0.320. The van der Waals surface area contributed by atoms with E-state index in [1.54, 1.807) is 12.1 Å². The zero-order valence-electron chi connectivity index (χ0n) is 9.64. The number of β-amino-alcohol motifs (C(OH)–C–C–N with tert-alkyl or cyclic N) is 1. The number of rotatable bonds is 2. The normalized spacial score (nSPS) is 25.8. The molecule has 0 spiro atoms. The van der Waals surface area contributed by atoms with Gasteiger partial charge in [-0.05, 0) is 18.4 Å². The van der Waals surface area contributed by atoms with Crippen LogP contribution in [0.15, 0.2) is 16.5 Å². The topological polar surface area (TPSA) is 53.7 Å². The molecule has 1 aliphatic heterocycles. The standard InChI is InChI=1S/C12H17NO3/c1-8-5-6-13(7-10(8)15)12-4-3-11(16-12)9(2)14/h3-4,8,10,15H,5-7H2,1-2H3. The number of anilines is 1. The lowest BCUT2D eigenvalue weighted by molar-refractivity contribution is 0.0976. The third-order valence-electron chi connectivity index (χ3n) is 3.17. The summed E-state index contributed by atoms with van der Waals surface area (Å²) >= 11 is 0. The fraction of sp³-hybridized carbons (Fsp3) is 0.583. The van der Waals surface area contributed by atoms with E-state index in [-0.39, 0.29) is 11.9 Å². The van der Waals surface area contributed by atoms with Crippen LogP contribution in [-0.2, 0) is 0 Å². The van der Waals surface area contributed by atoms with Gasteiger partial charge in [0.05, 0.1) is 6.10 Å². The Morgan fingerprint density at radius 1 is 1.56 bits per heavy atom. The molecule has 4 heteroatoms. The summed E-state index contributed by atoms with van der Waals surface area (Å²) in [6.07, 6.45) is 0.622. The molecular weight excluding hydrogens is 206 g/mol. The van der Waals surface area contributed by atoms with E-state index < -0.39 is 0 Å². The molecule has 1 aromatic rings. The number of carbonyl (C=O) groups excluding carboxylic acids is 1. The lowest BCUT2D eigenvalue weighted by atomic mass is 9.96. The maximum Gasteiger partial charge on any atom is 0.196 e. The molecule has 1 aliphatic rings. The minimum Gasteiger partial charge on any atom is -0.437 e. The highest BCUT2D eigenvalue weighted by atomic mass is 16.4. The summed E-state index contributed by atoms with van der Waals surface area (Å²) in [5, 5.41) is 9.78. The second-order valence-electron chi connectivity index (χ2n) is 4.47. The van der Waals surface area contributed by atoms with E-state index in [4.69, 9.17) is 4.42 Å². The number of hydrogen-bond donors (Lipinski definition) is 1. The molecule has 1 saturated heterocycles. The van der Waals surface area contributed by atoms with Crippen molar-refractivity contribution in [2.24, 2.45) is 5.92 Å². The molecule has 1 aromatic heterocycles. The lowest BCUT2D eigenvalue weighted by Crippen LogP contribution is -2.42. The van der Waals surface area contributed by atoms with E-state index in [2.05, 4.69) is 0 Å². The molecule has 1 fully saturated rings. The number of Topliss-reactive ketones (excluding diaryl/α,β-unsaturated/α-hetero) is 1. The van der Waals surface area contributed by atoms with E-state index in [9.17, 15) is 9.90 Å². The summed E-state index contributed by atoms with van der Waals surface area (Å²) in [5.41, 5.74) is 0. The van der Waals surface area contributed by atoms with Crippen LogP contribution in [0.4, 0.5) is 5.88 Å². The molecule has 2 heterocycles. The first-order valence-electron chi connectivity index (χ1n) is 5.61. The van der Waals surface area contributed by atoms with Crippen molar-refractivity contribution in [3.63, 3.8) is 0 Å². The Morgan fingerprint density at radius 3 is 2.88 bits per heavy atom. The largest absolute Gasteiger partial charge is 0.437 e. The van der Waals surface area contributed by atoms with Crippen LogP contribution >= 0.6 is 0 Å². The number of piperidine rings is 1. The lowest BCUT2D eigenvalue weighted by Gasteiger charge is -2.33. The molecule has 0 amide bonds. The molecule has 2 unspecified atom stereocenters. The van der Waals surface area contributed by atoms with Crippen LogP contribution in [0, 0.1) is 5.92 Å². The van der Waals surface area contributed by atoms with Gasteiger partial charge < -0.3 is 14.4 Å². The number of furan rings is 1. The second kappa shape index (κ2) is 4.29. The van der Waals surface area contributed by atoms with Crippen molar-refractivity contribution in [3.8, 4) is 0 Å². The van der Waals surface area contributed by atoms with Gasteiger partial charge >= 0.3 is 0 Å². The predicted octanol–water partition coefficient (Wildman–Crippen LogP) is 1.69. The molecule has 0 aliphatic carbocycles. The quantitative estimate of drug-likeness (QED) is 0.775. The first kappa shape index (κ1) is 11.2. The van der Waals surface area contributed by atoms with Gasteiger partial charge in [0.25, 0.3) is 0 Å². The van der Waals surface area contributed by atoms with Crippen LogP contribution in [-0.4, -0.2) is 30.1 Å². The van der Waals surface area contributed by atoms with Crippen molar-refractivity contribution in [2.75, 3.05) is 18.0 Å². The van der Waals surface area contributed by atoms with Crippen LogP contribution in [0.3, 0.4) is 0 Å². The number of ketones is 1. The molecule has 0 aromatic carbocycles. The van der Waals surface area contributed by atoms with E-state index in [0.29, 0.717) is 24.1 Å². The monoisotopic (exact) mass is 223 g/mol. The molecule has 88 valence electrons. The van der Waals surface area contributed by atoms with Crippen molar-refractivity contribution >= 4 is 11.7 Å². The zero-order valence-corrected chi connectivity index (χ0v) is 9.64. The van der Waals surface area contributed by atoms with E-state index in [1.807, 2.05) is 11.8 Å². The summed E-state index contributed by atoms with van der Waals surface area (Å²) < 4.78 is 5.43. The van der Waals surface area contributed by atoms with Crippen molar-refractivity contribution in [2.45, 2.75) is 26.4 Å². The summed E-state index contributed by atoms with van der Waals surface area (Å²) in [4.78, 5) is 13.1. The van der Waals surface area contributed by atoms with Gasteiger partial charge in [-0.1, -0.05) is 6.92 Å². The summed E-state index contributed by atoms with van der Waals surface area (Å²) in [5.74, 6) is 1.31. The third kappa shape index (κ3) is 2.11. The third-order valence-corrected chi connectivity index (χ3v) is 3.17. The Labute approximate surface area is 94.9 Å². The Bertz CT molecular complexity index is 385. The maximum atomic E-state index is 11.1. The van der Waals surface area contributed by atoms with Crippen LogP contribution in [0.2, 0.25) is 0 Å². The highest BCUT2D eigenvalue weighted by Gasteiger charge is 2.26. The highest BCUT2D eigenvalue weighted by Crippen LogP contribution is 2.25. The zero-order chi connectivity index (χ0) is 11.7. The molecule has 2 rings (SSSR count). The van der Waals surface area contributed by atoms with Gasteiger partial charge in [-0.25, -0.2) is 0 Å². The van der Waals surface area contributed by atoms with Crippen molar-refractivity contribution < 1.29 is 14.3 Å². The molecule has 4 nitrogen and oxygen atoms in total. The first-order valence-corrected chi connectivity index (χ1v) is 5.61. The maximum absolute atomic E-state index is 11.1. The number of hydrogen-bond acceptors (Lipinski definition) is 4. The Kier molecular flexibility index (Phi) is 3.01. The Morgan fingerprint density at radius 2 is 2.31 bits per heavy atom. The van der Waals surface area contributed by atoms with Crippen molar-refractivity contribution in [1.29, 1.82) is 0 Å². The number of aliphatic hydroxyl groups is 1. The predicted molar refractivity (Wildman–Crippen MR) is 60.7 cm³/mol. The number of nitrogens with zero attached hydrogens (tertiary/aromatic N) is 1.